The van der Waals surface area contributed by atoms with Crippen LogP contribution in [-0.4, -0.2) is 17.0 Å². The number of likely N-dealkylation sites (tertiary alicyclic amines) is 1. The van der Waals surface area contributed by atoms with Crippen molar-refractivity contribution in [3.8, 4) is 0 Å². The fourth-order valence-electron chi connectivity index (χ4n) is 3.38. The van der Waals surface area contributed by atoms with Crippen molar-refractivity contribution in [1.29, 1.82) is 0 Å². The summed E-state index contributed by atoms with van der Waals surface area (Å²) in [7, 11) is 0. The van der Waals surface area contributed by atoms with E-state index in [0.29, 0.717) is 6.04 Å². The van der Waals surface area contributed by atoms with Crippen LogP contribution in [0.1, 0.15) is 64.6 Å². The van der Waals surface area contributed by atoms with Crippen molar-refractivity contribution in [2.24, 2.45) is 5.92 Å². The fourth-order valence-corrected chi connectivity index (χ4v) is 3.38. The second kappa shape index (κ2) is 5.66. The Kier molecular flexibility index (Phi) is 4.35. The van der Waals surface area contributed by atoms with Crippen LogP contribution in [0.3, 0.4) is 0 Å². The minimum absolute atomic E-state index is 0.270. The Bertz CT molecular complexity index is 414. The molecule has 1 aromatic rings. The van der Waals surface area contributed by atoms with Gasteiger partial charge in [-0.1, -0.05) is 38.1 Å². The first-order valence-electron chi connectivity index (χ1n) is 7.74. The van der Waals surface area contributed by atoms with Crippen molar-refractivity contribution in [2.45, 2.75) is 65.5 Å². The molecule has 1 atom stereocenters. The molecule has 1 aliphatic heterocycles. The van der Waals surface area contributed by atoms with E-state index in [2.05, 4.69) is 63.8 Å². The molecule has 0 aliphatic carbocycles. The predicted octanol–water partition coefficient (Wildman–Crippen LogP) is 4.82. The van der Waals surface area contributed by atoms with Gasteiger partial charge >= 0.3 is 0 Å². The normalized spacial score (nSPS) is 21.3. The Hall–Kier alpha value is -0.820. The van der Waals surface area contributed by atoms with E-state index in [-0.39, 0.29) is 5.54 Å². The maximum absolute atomic E-state index is 2.69. The minimum atomic E-state index is 0.270. The zero-order valence-corrected chi connectivity index (χ0v) is 13.2. The van der Waals surface area contributed by atoms with E-state index in [9.17, 15) is 0 Å². The van der Waals surface area contributed by atoms with E-state index in [4.69, 9.17) is 0 Å². The molecule has 106 valence electrons. The number of rotatable bonds is 3. The summed E-state index contributed by atoms with van der Waals surface area (Å²) in [4.78, 5) is 2.69. The van der Waals surface area contributed by atoms with E-state index < -0.39 is 0 Å². The summed E-state index contributed by atoms with van der Waals surface area (Å²) < 4.78 is 0. The molecule has 0 amide bonds. The van der Waals surface area contributed by atoms with Crippen LogP contribution in [-0.2, 0) is 6.42 Å². The molecular formula is C18H29N. The van der Waals surface area contributed by atoms with Crippen LogP contribution in [0.5, 0.6) is 0 Å². The summed E-state index contributed by atoms with van der Waals surface area (Å²) in [5, 5.41) is 0. The van der Waals surface area contributed by atoms with E-state index in [0.717, 1.165) is 5.92 Å². The Balaban J connectivity index is 2.30. The van der Waals surface area contributed by atoms with Crippen LogP contribution in [0.4, 0.5) is 0 Å². The summed E-state index contributed by atoms with van der Waals surface area (Å²) in [6.07, 6.45) is 3.84. The first-order chi connectivity index (χ1) is 8.89. The molecule has 0 radical (unpaired) electrons. The van der Waals surface area contributed by atoms with Crippen LogP contribution >= 0.6 is 0 Å². The van der Waals surface area contributed by atoms with E-state index in [1.165, 1.54) is 25.8 Å². The van der Waals surface area contributed by atoms with Crippen molar-refractivity contribution in [3.05, 3.63) is 35.4 Å². The number of hydrogen-bond donors (Lipinski definition) is 0. The molecule has 0 N–H and O–H groups in total. The first-order valence-corrected chi connectivity index (χ1v) is 7.74. The second-order valence-corrected chi connectivity index (χ2v) is 7.32. The number of benzene rings is 1. The van der Waals surface area contributed by atoms with Gasteiger partial charge in [0.25, 0.3) is 0 Å². The van der Waals surface area contributed by atoms with Crippen LogP contribution in [0.2, 0.25) is 0 Å². The quantitative estimate of drug-likeness (QED) is 0.752. The molecule has 1 aromatic carbocycles. The topological polar surface area (TPSA) is 3.24 Å². The van der Waals surface area contributed by atoms with Crippen molar-refractivity contribution in [2.75, 3.05) is 6.54 Å². The van der Waals surface area contributed by atoms with Gasteiger partial charge in [-0.3, -0.25) is 4.90 Å². The van der Waals surface area contributed by atoms with Gasteiger partial charge < -0.3 is 0 Å². The summed E-state index contributed by atoms with van der Waals surface area (Å²) in [5.41, 5.74) is 3.40. The zero-order valence-electron chi connectivity index (χ0n) is 13.2. The second-order valence-electron chi connectivity index (χ2n) is 7.32. The summed E-state index contributed by atoms with van der Waals surface area (Å²) in [5.74, 6) is 0.727. The van der Waals surface area contributed by atoms with Gasteiger partial charge in [-0.25, -0.2) is 0 Å². The maximum atomic E-state index is 2.69. The third-order valence-corrected chi connectivity index (χ3v) is 4.16. The lowest BCUT2D eigenvalue weighted by molar-refractivity contribution is 0.121. The molecule has 1 aliphatic rings. The van der Waals surface area contributed by atoms with Crippen LogP contribution in [0, 0.1) is 5.92 Å². The highest BCUT2D eigenvalue weighted by Gasteiger charge is 2.34. The van der Waals surface area contributed by atoms with Crippen molar-refractivity contribution in [1.82, 2.24) is 4.90 Å². The molecule has 1 heteroatoms. The fraction of sp³-hybridized carbons (Fsp3) is 0.667. The zero-order chi connectivity index (χ0) is 14.0. The summed E-state index contributed by atoms with van der Waals surface area (Å²) in [6, 6.07) is 9.70. The van der Waals surface area contributed by atoms with Crippen LogP contribution in [0.25, 0.3) is 0 Å². The third kappa shape index (κ3) is 3.39. The largest absolute Gasteiger partial charge is 0.291 e. The lowest BCUT2D eigenvalue weighted by Gasteiger charge is -2.38. The summed E-state index contributed by atoms with van der Waals surface area (Å²) in [6.45, 7) is 12.9. The lowest BCUT2D eigenvalue weighted by atomic mass is 9.91. The van der Waals surface area contributed by atoms with Crippen molar-refractivity contribution in [3.63, 3.8) is 0 Å². The average molecular weight is 259 g/mol. The average Bonchev–Trinajstić information content (AvgIpc) is 2.77. The van der Waals surface area contributed by atoms with Gasteiger partial charge in [-0.2, -0.15) is 0 Å². The molecule has 1 fully saturated rings. The van der Waals surface area contributed by atoms with Gasteiger partial charge in [0.05, 0.1) is 0 Å². The standard InChI is InChI=1S/C18H29N/c1-14(2)13-15-9-6-7-10-16(15)17-11-8-12-19(17)18(3,4)5/h6-7,9-10,14,17H,8,11-13H2,1-5H3/t17-/m0/s1. The molecule has 0 unspecified atom stereocenters. The van der Waals surface area contributed by atoms with Gasteiger partial charge in [-0.05, 0) is 63.6 Å². The molecule has 0 saturated carbocycles. The molecular weight excluding hydrogens is 230 g/mol. The maximum Gasteiger partial charge on any atom is 0.0356 e. The lowest BCUT2D eigenvalue weighted by Crippen LogP contribution is -2.40. The predicted molar refractivity (Wildman–Crippen MR) is 83.4 cm³/mol. The van der Waals surface area contributed by atoms with Gasteiger partial charge in [0.2, 0.25) is 0 Å². The molecule has 1 nitrogen and oxygen atoms in total. The Morgan fingerprint density at radius 1 is 1.21 bits per heavy atom. The molecule has 19 heavy (non-hydrogen) atoms. The van der Waals surface area contributed by atoms with E-state index in [1.807, 2.05) is 0 Å². The monoisotopic (exact) mass is 259 g/mol. The highest BCUT2D eigenvalue weighted by Crippen LogP contribution is 2.38. The Morgan fingerprint density at radius 2 is 1.89 bits per heavy atom. The molecule has 1 saturated heterocycles. The van der Waals surface area contributed by atoms with Crippen LogP contribution in [0.15, 0.2) is 24.3 Å². The van der Waals surface area contributed by atoms with Gasteiger partial charge in [0.15, 0.2) is 0 Å². The molecule has 0 spiro atoms. The van der Waals surface area contributed by atoms with Crippen molar-refractivity contribution >= 4 is 0 Å². The smallest absolute Gasteiger partial charge is 0.0356 e. The van der Waals surface area contributed by atoms with E-state index >= 15 is 0 Å². The molecule has 2 rings (SSSR count). The van der Waals surface area contributed by atoms with Crippen molar-refractivity contribution < 1.29 is 0 Å². The van der Waals surface area contributed by atoms with E-state index in [1.54, 1.807) is 11.1 Å². The Morgan fingerprint density at radius 3 is 2.53 bits per heavy atom. The first kappa shape index (κ1) is 14.6. The molecule has 0 aromatic heterocycles. The highest BCUT2D eigenvalue weighted by molar-refractivity contribution is 5.31. The van der Waals surface area contributed by atoms with Crippen LogP contribution < -0.4 is 0 Å². The highest BCUT2D eigenvalue weighted by atomic mass is 15.2. The number of hydrogen-bond acceptors (Lipinski definition) is 1. The number of nitrogens with zero attached hydrogens (tertiary/aromatic N) is 1. The molecule has 0 bridgehead atoms. The minimum Gasteiger partial charge on any atom is -0.291 e. The summed E-state index contributed by atoms with van der Waals surface area (Å²) >= 11 is 0. The van der Waals surface area contributed by atoms with Gasteiger partial charge in [0, 0.05) is 11.6 Å². The Labute approximate surface area is 119 Å². The van der Waals surface area contributed by atoms with Gasteiger partial charge in [0.1, 0.15) is 0 Å². The third-order valence-electron chi connectivity index (χ3n) is 4.16. The van der Waals surface area contributed by atoms with Gasteiger partial charge in [-0.15, -0.1) is 0 Å². The SMILES string of the molecule is CC(C)Cc1ccccc1[C@@H]1CCCN1C(C)(C)C. The molecule has 1 heterocycles.